The van der Waals surface area contributed by atoms with E-state index in [0.717, 1.165) is 27.9 Å². The zero-order chi connectivity index (χ0) is 41.0. The van der Waals surface area contributed by atoms with E-state index in [0.29, 0.717) is 17.5 Å². The minimum absolute atomic E-state index is 0.644. The Labute approximate surface area is 362 Å². The Morgan fingerprint density at radius 3 is 1.50 bits per heavy atom. The highest BCUT2D eigenvalue weighted by Crippen LogP contribution is 2.46. The minimum Gasteiger partial charge on any atom is -0.309 e. The van der Waals surface area contributed by atoms with Gasteiger partial charge in [-0.05, 0) is 69.8 Å². The summed E-state index contributed by atoms with van der Waals surface area (Å²) < 4.78 is 4.82. The Morgan fingerprint density at radius 1 is 0.306 bits per heavy atom. The molecule has 0 aliphatic heterocycles. The van der Waals surface area contributed by atoms with E-state index in [1.54, 1.807) is 0 Å². The van der Waals surface area contributed by atoms with Crippen LogP contribution >= 0.6 is 11.3 Å². The van der Waals surface area contributed by atoms with E-state index in [-0.39, 0.29) is 0 Å². The molecule has 62 heavy (non-hydrogen) atoms. The lowest BCUT2D eigenvalue weighted by atomic mass is 9.90. The van der Waals surface area contributed by atoms with Crippen molar-refractivity contribution in [3.63, 3.8) is 0 Å². The second-order valence-corrected chi connectivity index (χ2v) is 16.6. The van der Waals surface area contributed by atoms with E-state index in [9.17, 15) is 0 Å². The van der Waals surface area contributed by atoms with Gasteiger partial charge in [0.15, 0.2) is 17.5 Å². The Morgan fingerprint density at radius 2 is 0.790 bits per heavy atom. The van der Waals surface area contributed by atoms with E-state index in [4.69, 9.17) is 15.0 Å². The zero-order valence-corrected chi connectivity index (χ0v) is 34.3. The number of benzene rings is 9. The summed E-state index contributed by atoms with van der Waals surface area (Å²) in [6, 6.07) is 77.5. The first-order valence-corrected chi connectivity index (χ1v) is 21.7. The fourth-order valence-corrected chi connectivity index (χ4v) is 10.2. The minimum atomic E-state index is 0.644. The molecule has 0 saturated heterocycles. The molecule has 9 aromatic carbocycles. The van der Waals surface area contributed by atoms with Crippen molar-refractivity contribution in [1.82, 2.24) is 19.5 Å². The van der Waals surface area contributed by atoms with E-state index in [1.165, 1.54) is 69.8 Å². The number of thiophene rings is 1. The number of para-hydroxylation sites is 2. The number of hydrogen-bond donors (Lipinski definition) is 0. The van der Waals surface area contributed by atoms with Gasteiger partial charge in [0.05, 0.1) is 11.0 Å². The van der Waals surface area contributed by atoms with Crippen LogP contribution in [0.5, 0.6) is 0 Å². The molecule has 0 unspecified atom stereocenters. The number of nitrogens with zero attached hydrogens (tertiary/aromatic N) is 4. The summed E-state index contributed by atoms with van der Waals surface area (Å²) in [5.74, 6) is 1.94. The first-order valence-electron chi connectivity index (χ1n) is 20.9. The molecule has 0 bridgehead atoms. The van der Waals surface area contributed by atoms with Gasteiger partial charge in [0.25, 0.3) is 0 Å². The monoisotopic (exact) mass is 808 g/mol. The maximum atomic E-state index is 5.12. The highest BCUT2D eigenvalue weighted by atomic mass is 32.1. The van der Waals surface area contributed by atoms with Crippen molar-refractivity contribution in [3.8, 4) is 73.2 Å². The smallest absolute Gasteiger partial charge is 0.164 e. The van der Waals surface area contributed by atoms with E-state index in [1.807, 2.05) is 35.6 Å². The number of aromatic nitrogens is 4. The standard InChI is InChI=1S/C57H36N4S/c1-4-16-37(17-5-1)38-30-32-40(33-31-38)56-58-55(39-18-6-2-7-19-39)59-57(60-56)41-34-35-48-52(36-41)62-51-29-15-26-46(54(48)51)44-23-11-10-22-43(44)45-25-14-28-50-53(45)47-24-12-13-27-49(47)61(50)42-20-8-3-9-21-42/h1-36H. The van der Waals surface area contributed by atoms with Crippen LogP contribution in [-0.4, -0.2) is 19.5 Å². The van der Waals surface area contributed by atoms with Crippen molar-refractivity contribution in [1.29, 1.82) is 0 Å². The Hall–Kier alpha value is -7.99. The van der Waals surface area contributed by atoms with Crippen molar-refractivity contribution < 1.29 is 0 Å². The number of fused-ring (bicyclic) bond motifs is 6. The van der Waals surface area contributed by atoms with Crippen LogP contribution in [0.2, 0.25) is 0 Å². The molecule has 5 heteroatoms. The van der Waals surface area contributed by atoms with Crippen molar-refractivity contribution in [2.24, 2.45) is 0 Å². The molecule has 12 rings (SSSR count). The fraction of sp³-hybridized carbons (Fsp3) is 0. The van der Waals surface area contributed by atoms with Gasteiger partial charge in [-0.1, -0.05) is 182 Å². The van der Waals surface area contributed by atoms with Crippen molar-refractivity contribution in [2.75, 3.05) is 0 Å². The van der Waals surface area contributed by atoms with Gasteiger partial charge in [0.2, 0.25) is 0 Å². The fourth-order valence-electron chi connectivity index (χ4n) is 9.03. The predicted octanol–water partition coefficient (Wildman–Crippen LogP) is 15.3. The second-order valence-electron chi connectivity index (χ2n) is 15.5. The second kappa shape index (κ2) is 14.9. The third kappa shape index (κ3) is 6.09. The first kappa shape index (κ1) is 35.9. The average molecular weight is 809 g/mol. The molecule has 3 aromatic heterocycles. The van der Waals surface area contributed by atoms with Crippen molar-refractivity contribution >= 4 is 53.3 Å². The molecular weight excluding hydrogens is 773 g/mol. The van der Waals surface area contributed by atoms with Crippen LogP contribution < -0.4 is 0 Å². The Kier molecular flexibility index (Phi) is 8.65. The highest BCUT2D eigenvalue weighted by Gasteiger charge is 2.20. The molecule has 0 N–H and O–H groups in total. The Balaban J connectivity index is 0.992. The molecule has 0 aliphatic carbocycles. The molecule has 12 aromatic rings. The van der Waals surface area contributed by atoms with Crippen molar-refractivity contribution in [3.05, 3.63) is 218 Å². The van der Waals surface area contributed by atoms with Crippen LogP contribution in [0.15, 0.2) is 218 Å². The Bertz CT molecular complexity index is 3610. The topological polar surface area (TPSA) is 43.6 Å². The molecule has 0 saturated carbocycles. The highest BCUT2D eigenvalue weighted by molar-refractivity contribution is 7.26. The van der Waals surface area contributed by atoms with Crippen LogP contribution in [0, 0.1) is 0 Å². The summed E-state index contributed by atoms with van der Waals surface area (Å²) in [5, 5.41) is 4.96. The quantitative estimate of drug-likeness (QED) is 0.161. The van der Waals surface area contributed by atoms with Crippen LogP contribution in [0.3, 0.4) is 0 Å². The van der Waals surface area contributed by atoms with Gasteiger partial charge in [-0.15, -0.1) is 11.3 Å². The summed E-state index contributed by atoms with van der Waals surface area (Å²) in [6.07, 6.45) is 0. The molecule has 3 heterocycles. The lowest BCUT2D eigenvalue weighted by Gasteiger charge is -2.14. The molecule has 0 spiro atoms. The maximum absolute atomic E-state index is 5.12. The normalized spacial score (nSPS) is 11.5. The molecule has 4 nitrogen and oxygen atoms in total. The van der Waals surface area contributed by atoms with Crippen LogP contribution in [0.4, 0.5) is 0 Å². The number of rotatable bonds is 7. The van der Waals surface area contributed by atoms with Crippen LogP contribution in [-0.2, 0) is 0 Å². The zero-order valence-electron chi connectivity index (χ0n) is 33.5. The molecule has 0 aliphatic rings. The van der Waals surface area contributed by atoms with Crippen molar-refractivity contribution in [2.45, 2.75) is 0 Å². The van der Waals surface area contributed by atoms with Gasteiger partial charge in [0.1, 0.15) is 0 Å². The average Bonchev–Trinajstić information content (AvgIpc) is 3.90. The molecule has 0 amide bonds. The van der Waals surface area contributed by atoms with Gasteiger partial charge in [0, 0.05) is 53.3 Å². The molecule has 0 radical (unpaired) electrons. The van der Waals surface area contributed by atoms with E-state index >= 15 is 0 Å². The molecule has 0 fully saturated rings. The van der Waals surface area contributed by atoms with Gasteiger partial charge < -0.3 is 4.57 Å². The van der Waals surface area contributed by atoms with Gasteiger partial charge in [-0.3, -0.25) is 0 Å². The third-order valence-corrected chi connectivity index (χ3v) is 13.0. The lowest BCUT2D eigenvalue weighted by molar-refractivity contribution is 1.07. The third-order valence-electron chi connectivity index (χ3n) is 11.9. The predicted molar refractivity (Wildman–Crippen MR) is 260 cm³/mol. The van der Waals surface area contributed by atoms with E-state index < -0.39 is 0 Å². The summed E-state index contributed by atoms with van der Waals surface area (Å²) in [4.78, 5) is 15.2. The summed E-state index contributed by atoms with van der Waals surface area (Å²) in [5.41, 5.74) is 13.6. The first-order chi connectivity index (χ1) is 30.7. The molecular formula is C57H36N4S. The molecule has 0 atom stereocenters. The van der Waals surface area contributed by atoms with Gasteiger partial charge in [-0.25, -0.2) is 15.0 Å². The van der Waals surface area contributed by atoms with Crippen LogP contribution in [0.1, 0.15) is 0 Å². The lowest BCUT2D eigenvalue weighted by Crippen LogP contribution is -2.00. The SMILES string of the molecule is c1ccc(-c2ccc(-c3nc(-c4ccccc4)nc(-c4ccc5c(c4)sc4cccc(-c6ccccc6-c6cccc7c6c6ccccc6n7-c6ccccc6)c45)n3)cc2)cc1. The summed E-state index contributed by atoms with van der Waals surface area (Å²) in [7, 11) is 0. The summed E-state index contributed by atoms with van der Waals surface area (Å²) >= 11 is 1.81. The number of hydrogen-bond acceptors (Lipinski definition) is 4. The van der Waals surface area contributed by atoms with Crippen LogP contribution in [0.25, 0.3) is 115 Å². The largest absolute Gasteiger partial charge is 0.309 e. The maximum Gasteiger partial charge on any atom is 0.164 e. The summed E-state index contributed by atoms with van der Waals surface area (Å²) in [6.45, 7) is 0. The van der Waals surface area contributed by atoms with Gasteiger partial charge in [-0.2, -0.15) is 0 Å². The molecule has 290 valence electrons. The van der Waals surface area contributed by atoms with Gasteiger partial charge >= 0.3 is 0 Å². The van der Waals surface area contributed by atoms with E-state index in [2.05, 4.69) is 199 Å².